The number of esters is 1. The van der Waals surface area contributed by atoms with Gasteiger partial charge in [-0.05, 0) is 24.4 Å². The predicted molar refractivity (Wildman–Crippen MR) is 105 cm³/mol. The molecule has 3 rings (SSSR count). The number of hydrogen-bond acceptors (Lipinski definition) is 7. The number of hydrogen-bond donors (Lipinski definition) is 1. The fourth-order valence-corrected chi connectivity index (χ4v) is 4.99. The van der Waals surface area contributed by atoms with E-state index in [1.165, 1.54) is 34.8 Å². The Bertz CT molecular complexity index is 1040. The lowest BCUT2D eigenvalue weighted by molar-refractivity contribution is -0.384. The van der Waals surface area contributed by atoms with E-state index in [1.807, 2.05) is 11.4 Å². The average Bonchev–Trinajstić information content (AvgIpc) is 3.21. The Morgan fingerprint density at radius 1 is 1.33 bits per heavy atom. The first-order chi connectivity index (χ1) is 12.9. The number of nitro groups is 1. The number of ether oxygens (including phenoxy) is 1. The topological polar surface area (TPSA) is 98.5 Å². The zero-order valence-electron chi connectivity index (χ0n) is 14.0. The Kier molecular flexibility index (Phi) is 5.73. The van der Waals surface area contributed by atoms with Crippen molar-refractivity contribution < 1.29 is 19.2 Å². The molecule has 10 heteroatoms. The highest BCUT2D eigenvalue weighted by molar-refractivity contribution is 7.28. The van der Waals surface area contributed by atoms with Crippen LogP contribution in [0, 0.1) is 10.1 Å². The lowest BCUT2D eigenvalue weighted by atomic mass is 10.1. The van der Waals surface area contributed by atoms with Crippen molar-refractivity contribution in [2.45, 2.75) is 13.5 Å². The van der Waals surface area contributed by atoms with Gasteiger partial charge in [0.1, 0.15) is 4.88 Å². The van der Waals surface area contributed by atoms with Gasteiger partial charge in [-0.25, -0.2) is 4.79 Å². The van der Waals surface area contributed by atoms with Gasteiger partial charge in [-0.2, -0.15) is 0 Å². The number of halogens is 1. The van der Waals surface area contributed by atoms with Crippen molar-refractivity contribution in [3.8, 4) is 0 Å². The van der Waals surface area contributed by atoms with Crippen LogP contribution in [0.25, 0.3) is 9.40 Å². The molecule has 1 amide bonds. The third-order valence-corrected chi connectivity index (χ3v) is 6.28. The molecule has 140 valence electrons. The van der Waals surface area contributed by atoms with Crippen LogP contribution < -0.4 is 5.32 Å². The molecule has 27 heavy (non-hydrogen) atoms. The average molecular weight is 425 g/mol. The van der Waals surface area contributed by atoms with Gasteiger partial charge >= 0.3 is 5.97 Å². The van der Waals surface area contributed by atoms with Crippen LogP contribution in [-0.2, 0) is 11.3 Å². The zero-order valence-corrected chi connectivity index (χ0v) is 16.4. The van der Waals surface area contributed by atoms with E-state index < -0.39 is 16.8 Å². The van der Waals surface area contributed by atoms with Gasteiger partial charge in [0.05, 0.1) is 26.8 Å². The summed E-state index contributed by atoms with van der Waals surface area (Å²) in [4.78, 5) is 35.3. The van der Waals surface area contributed by atoms with Gasteiger partial charge in [0.2, 0.25) is 0 Å². The normalized spacial score (nSPS) is 10.7. The number of fused-ring (bicyclic) bond motifs is 1. The summed E-state index contributed by atoms with van der Waals surface area (Å²) in [5.41, 5.74) is 0.617. The summed E-state index contributed by atoms with van der Waals surface area (Å²) in [5.74, 6) is -0.913. The lowest BCUT2D eigenvalue weighted by Crippen LogP contribution is -2.24. The highest BCUT2D eigenvalue weighted by atomic mass is 35.5. The largest absolute Gasteiger partial charge is 0.462 e. The molecule has 2 heterocycles. The number of benzene rings is 1. The van der Waals surface area contributed by atoms with Crippen LogP contribution in [0.4, 0.5) is 5.69 Å². The van der Waals surface area contributed by atoms with Crippen LogP contribution in [0.1, 0.15) is 32.5 Å². The molecule has 0 aliphatic heterocycles. The summed E-state index contributed by atoms with van der Waals surface area (Å²) in [7, 11) is 0. The lowest BCUT2D eigenvalue weighted by Gasteiger charge is -2.08. The molecule has 1 N–H and O–H groups in total. The molecule has 0 spiro atoms. The van der Waals surface area contributed by atoms with Crippen molar-refractivity contribution in [2.75, 3.05) is 6.61 Å². The van der Waals surface area contributed by atoms with Crippen LogP contribution in [-0.4, -0.2) is 23.4 Å². The Morgan fingerprint density at radius 2 is 2.11 bits per heavy atom. The van der Waals surface area contributed by atoms with E-state index in [4.69, 9.17) is 16.3 Å². The van der Waals surface area contributed by atoms with Crippen LogP contribution >= 0.6 is 34.3 Å². The van der Waals surface area contributed by atoms with Gasteiger partial charge in [-0.15, -0.1) is 22.7 Å². The zero-order chi connectivity index (χ0) is 19.6. The van der Waals surface area contributed by atoms with E-state index in [2.05, 4.69) is 5.32 Å². The van der Waals surface area contributed by atoms with Crippen molar-refractivity contribution in [3.63, 3.8) is 0 Å². The Hall–Kier alpha value is -2.49. The third kappa shape index (κ3) is 3.95. The molecule has 0 aliphatic carbocycles. The van der Waals surface area contributed by atoms with Crippen molar-refractivity contribution in [1.29, 1.82) is 0 Å². The highest BCUT2D eigenvalue weighted by Gasteiger charge is 2.22. The third-order valence-electron chi connectivity index (χ3n) is 3.68. The van der Waals surface area contributed by atoms with Crippen molar-refractivity contribution in [3.05, 3.63) is 60.8 Å². The molecule has 0 saturated carbocycles. The number of carbonyl (C=O) groups is 2. The molecule has 0 atom stereocenters. The Balaban J connectivity index is 1.83. The molecule has 0 radical (unpaired) electrons. The summed E-state index contributed by atoms with van der Waals surface area (Å²) in [6.07, 6.45) is 0. The van der Waals surface area contributed by atoms with E-state index in [-0.39, 0.29) is 29.4 Å². The van der Waals surface area contributed by atoms with E-state index in [0.29, 0.717) is 10.4 Å². The number of nitrogens with zero attached hydrogens (tertiary/aromatic N) is 1. The van der Waals surface area contributed by atoms with E-state index in [1.54, 1.807) is 6.92 Å². The summed E-state index contributed by atoms with van der Waals surface area (Å²) in [5, 5.41) is 15.4. The monoisotopic (exact) mass is 424 g/mol. The number of carbonyl (C=O) groups excluding carboxylic acids is 2. The van der Waals surface area contributed by atoms with Gasteiger partial charge in [-0.3, -0.25) is 14.9 Å². The number of amides is 1. The van der Waals surface area contributed by atoms with E-state index in [9.17, 15) is 19.7 Å². The summed E-state index contributed by atoms with van der Waals surface area (Å²) in [6.45, 7) is 2.10. The fourth-order valence-electron chi connectivity index (χ4n) is 2.46. The molecule has 1 aromatic carbocycles. The second-order valence-electron chi connectivity index (χ2n) is 5.35. The van der Waals surface area contributed by atoms with Crippen LogP contribution in [0.3, 0.4) is 0 Å². The minimum atomic E-state index is -0.585. The molecule has 3 aromatic rings. The van der Waals surface area contributed by atoms with Gasteiger partial charge in [0.25, 0.3) is 11.6 Å². The molecular formula is C17H13ClN2O5S2. The summed E-state index contributed by atoms with van der Waals surface area (Å²) >= 11 is 8.79. The molecule has 2 aromatic heterocycles. The summed E-state index contributed by atoms with van der Waals surface area (Å²) in [6, 6.07) is 5.55. The van der Waals surface area contributed by atoms with Gasteiger partial charge in [-0.1, -0.05) is 11.6 Å². The molecule has 0 saturated heterocycles. The summed E-state index contributed by atoms with van der Waals surface area (Å²) < 4.78 is 6.95. The molecule has 0 bridgehead atoms. The molecule has 0 fully saturated rings. The second kappa shape index (κ2) is 8.03. The van der Waals surface area contributed by atoms with Gasteiger partial charge in [0, 0.05) is 28.9 Å². The maximum atomic E-state index is 12.4. The van der Waals surface area contributed by atoms with E-state index >= 15 is 0 Å². The molecule has 0 unspecified atom stereocenters. The van der Waals surface area contributed by atoms with Crippen LogP contribution in [0.5, 0.6) is 0 Å². The van der Waals surface area contributed by atoms with Crippen LogP contribution in [0.15, 0.2) is 29.6 Å². The highest BCUT2D eigenvalue weighted by Crippen LogP contribution is 2.36. The minimum absolute atomic E-state index is 0.0149. The first kappa shape index (κ1) is 19.3. The second-order valence-corrected chi connectivity index (χ2v) is 7.72. The van der Waals surface area contributed by atoms with Gasteiger partial charge < -0.3 is 10.1 Å². The minimum Gasteiger partial charge on any atom is -0.462 e. The predicted octanol–water partition coefficient (Wildman–Crippen LogP) is 4.63. The van der Waals surface area contributed by atoms with Crippen LogP contribution in [0.2, 0.25) is 5.02 Å². The van der Waals surface area contributed by atoms with Crippen molar-refractivity contribution in [1.82, 2.24) is 5.32 Å². The molecular weight excluding hydrogens is 412 g/mol. The number of thiophene rings is 2. The Morgan fingerprint density at radius 3 is 2.78 bits per heavy atom. The van der Waals surface area contributed by atoms with Crippen molar-refractivity contribution in [2.24, 2.45) is 0 Å². The molecule has 7 nitrogen and oxygen atoms in total. The number of nitro benzene ring substituents is 1. The molecule has 0 aliphatic rings. The fraction of sp³-hybridized carbons (Fsp3) is 0.176. The quantitative estimate of drug-likeness (QED) is 0.353. The number of non-ortho nitro benzene ring substituents is 1. The Labute approximate surface area is 166 Å². The number of rotatable bonds is 6. The maximum Gasteiger partial charge on any atom is 0.348 e. The standard InChI is InChI=1S/C17H13ClN2O5S2/c1-2-25-17(22)15-11(14-13(27-15)5-6-26-14)8-19-16(21)10-4-3-9(20(23)24)7-12(10)18/h3-7H,2,8H2,1H3,(H,19,21). The first-order valence-electron chi connectivity index (χ1n) is 7.80. The van der Waals surface area contributed by atoms with E-state index in [0.717, 1.165) is 15.5 Å². The first-order valence-corrected chi connectivity index (χ1v) is 9.88. The number of nitrogens with one attached hydrogen (secondary N) is 1. The SMILES string of the molecule is CCOC(=O)c1sc2ccsc2c1CNC(=O)c1ccc([N+](=O)[O-])cc1Cl. The van der Waals surface area contributed by atoms with Gasteiger partial charge in [0.15, 0.2) is 0 Å². The smallest absolute Gasteiger partial charge is 0.348 e. The van der Waals surface area contributed by atoms with Crippen molar-refractivity contribution >= 4 is 61.2 Å². The maximum absolute atomic E-state index is 12.4.